The minimum atomic E-state index is 0.687. The Balaban J connectivity index is 3.64. The van der Waals surface area contributed by atoms with E-state index in [0.717, 1.165) is 17.8 Å². The van der Waals surface area contributed by atoms with Crippen LogP contribution in [0.4, 0.5) is 0 Å². The molecule has 0 bridgehead atoms. The molecule has 0 aromatic heterocycles. The third kappa shape index (κ3) is 8.97. The van der Waals surface area contributed by atoms with Crippen LogP contribution < -0.4 is 5.32 Å². The fraction of sp³-hybridized carbons (Fsp3) is 1.00. The monoisotopic (exact) mass is 255 g/mol. The minimum Gasteiger partial charge on any atom is -0.314 e. The molecule has 0 spiro atoms. The Morgan fingerprint density at radius 3 is 1.83 bits per heavy atom. The fourth-order valence-corrected chi connectivity index (χ4v) is 2.73. The summed E-state index contributed by atoms with van der Waals surface area (Å²) in [6.45, 7) is 15.2. The van der Waals surface area contributed by atoms with Crippen LogP contribution >= 0.6 is 0 Å². The number of rotatable bonds is 11. The molecule has 0 aliphatic rings. The Morgan fingerprint density at radius 1 is 0.778 bits per heavy atom. The molecule has 0 aliphatic heterocycles. The van der Waals surface area contributed by atoms with Gasteiger partial charge >= 0.3 is 0 Å². The van der Waals surface area contributed by atoms with Gasteiger partial charge in [-0.15, -0.1) is 0 Å². The van der Waals surface area contributed by atoms with Gasteiger partial charge in [-0.05, 0) is 37.6 Å². The van der Waals surface area contributed by atoms with Gasteiger partial charge in [0, 0.05) is 6.04 Å². The predicted octanol–water partition coefficient (Wildman–Crippen LogP) is 5.25. The molecule has 0 heterocycles. The third-order valence-corrected chi connectivity index (χ3v) is 4.16. The van der Waals surface area contributed by atoms with Crippen LogP contribution in [-0.4, -0.2) is 12.6 Å². The van der Waals surface area contributed by atoms with Crippen LogP contribution in [0.25, 0.3) is 0 Å². The lowest BCUT2D eigenvalue weighted by atomic mass is 9.85. The average Bonchev–Trinajstić information content (AvgIpc) is 2.28. The first-order valence-electron chi connectivity index (χ1n) is 8.22. The smallest absolute Gasteiger partial charge is 0.00388 e. The summed E-state index contributed by atoms with van der Waals surface area (Å²) in [7, 11) is 0. The Hall–Kier alpha value is -0.0400. The van der Waals surface area contributed by atoms with Crippen LogP contribution in [0.1, 0.15) is 80.1 Å². The Kier molecular flexibility index (Phi) is 10.8. The first kappa shape index (κ1) is 18.0. The SMILES string of the molecule is CCCCCCCC(C)NCC(C(C)C)C(C)C. The van der Waals surface area contributed by atoms with E-state index in [1.165, 1.54) is 45.1 Å². The maximum atomic E-state index is 3.74. The molecule has 0 fully saturated rings. The van der Waals surface area contributed by atoms with Crippen molar-refractivity contribution in [3.8, 4) is 0 Å². The zero-order valence-electron chi connectivity index (χ0n) is 13.8. The van der Waals surface area contributed by atoms with Crippen LogP contribution in [0.5, 0.6) is 0 Å². The van der Waals surface area contributed by atoms with Gasteiger partial charge in [-0.25, -0.2) is 0 Å². The first-order chi connectivity index (χ1) is 8.49. The van der Waals surface area contributed by atoms with E-state index in [2.05, 4.69) is 46.9 Å². The summed E-state index contributed by atoms with van der Waals surface area (Å²) in [5.41, 5.74) is 0. The molecule has 0 aromatic rings. The second-order valence-electron chi connectivity index (χ2n) is 6.66. The van der Waals surface area contributed by atoms with E-state index in [0.29, 0.717) is 6.04 Å². The molecule has 0 saturated heterocycles. The number of hydrogen-bond donors (Lipinski definition) is 1. The molecule has 1 unspecified atom stereocenters. The first-order valence-corrected chi connectivity index (χ1v) is 8.22. The minimum absolute atomic E-state index is 0.687. The van der Waals surface area contributed by atoms with E-state index >= 15 is 0 Å². The van der Waals surface area contributed by atoms with E-state index < -0.39 is 0 Å². The van der Waals surface area contributed by atoms with Gasteiger partial charge in [0.25, 0.3) is 0 Å². The van der Waals surface area contributed by atoms with Gasteiger partial charge < -0.3 is 5.32 Å². The van der Waals surface area contributed by atoms with Crippen molar-refractivity contribution in [1.29, 1.82) is 0 Å². The Morgan fingerprint density at radius 2 is 1.33 bits per heavy atom. The highest BCUT2D eigenvalue weighted by molar-refractivity contribution is 4.71. The van der Waals surface area contributed by atoms with Crippen molar-refractivity contribution in [1.82, 2.24) is 5.32 Å². The summed E-state index contributed by atoms with van der Waals surface area (Å²) in [5.74, 6) is 2.39. The van der Waals surface area contributed by atoms with Gasteiger partial charge in [0.15, 0.2) is 0 Å². The van der Waals surface area contributed by atoms with Gasteiger partial charge in [-0.2, -0.15) is 0 Å². The maximum Gasteiger partial charge on any atom is 0.00388 e. The average molecular weight is 255 g/mol. The zero-order valence-corrected chi connectivity index (χ0v) is 13.8. The van der Waals surface area contributed by atoms with E-state index in [4.69, 9.17) is 0 Å². The fourth-order valence-electron chi connectivity index (χ4n) is 2.73. The highest BCUT2D eigenvalue weighted by Gasteiger charge is 2.17. The number of unbranched alkanes of at least 4 members (excludes halogenated alkanes) is 4. The van der Waals surface area contributed by atoms with Crippen LogP contribution in [-0.2, 0) is 0 Å². The van der Waals surface area contributed by atoms with E-state index in [1.54, 1.807) is 0 Å². The molecule has 0 saturated carbocycles. The largest absolute Gasteiger partial charge is 0.314 e. The lowest BCUT2D eigenvalue weighted by Crippen LogP contribution is -2.35. The Labute approximate surface area is 116 Å². The van der Waals surface area contributed by atoms with Crippen LogP contribution in [0, 0.1) is 17.8 Å². The summed E-state index contributed by atoms with van der Waals surface area (Å²) in [5, 5.41) is 3.74. The summed E-state index contributed by atoms with van der Waals surface area (Å²) in [4.78, 5) is 0. The van der Waals surface area contributed by atoms with Gasteiger partial charge in [0.05, 0.1) is 0 Å². The Bertz CT molecular complexity index is 166. The van der Waals surface area contributed by atoms with Crippen molar-refractivity contribution in [2.75, 3.05) is 6.54 Å². The molecule has 0 radical (unpaired) electrons. The van der Waals surface area contributed by atoms with Gasteiger partial charge in [0.2, 0.25) is 0 Å². The molecule has 1 atom stereocenters. The molecule has 18 heavy (non-hydrogen) atoms. The molecular formula is C17H37N. The van der Waals surface area contributed by atoms with Crippen molar-refractivity contribution < 1.29 is 0 Å². The van der Waals surface area contributed by atoms with Gasteiger partial charge in [-0.1, -0.05) is 66.7 Å². The van der Waals surface area contributed by atoms with Gasteiger partial charge in [-0.3, -0.25) is 0 Å². The predicted molar refractivity (Wildman–Crippen MR) is 84.0 cm³/mol. The number of nitrogens with one attached hydrogen (secondary N) is 1. The molecule has 0 aliphatic carbocycles. The van der Waals surface area contributed by atoms with Crippen LogP contribution in [0.3, 0.4) is 0 Å². The quantitative estimate of drug-likeness (QED) is 0.497. The van der Waals surface area contributed by atoms with Crippen LogP contribution in [0.2, 0.25) is 0 Å². The van der Waals surface area contributed by atoms with Crippen molar-refractivity contribution in [3.05, 3.63) is 0 Å². The third-order valence-electron chi connectivity index (χ3n) is 4.16. The normalized spacial score (nSPS) is 13.8. The number of hydrogen-bond acceptors (Lipinski definition) is 1. The maximum absolute atomic E-state index is 3.74. The summed E-state index contributed by atoms with van der Waals surface area (Å²) in [6.07, 6.45) is 8.32. The lowest BCUT2D eigenvalue weighted by molar-refractivity contribution is 0.264. The molecular weight excluding hydrogens is 218 g/mol. The molecule has 0 aromatic carbocycles. The molecule has 1 nitrogen and oxygen atoms in total. The van der Waals surface area contributed by atoms with Crippen LogP contribution in [0.15, 0.2) is 0 Å². The van der Waals surface area contributed by atoms with E-state index in [9.17, 15) is 0 Å². The molecule has 110 valence electrons. The highest BCUT2D eigenvalue weighted by atomic mass is 14.9. The molecule has 1 N–H and O–H groups in total. The van der Waals surface area contributed by atoms with Gasteiger partial charge in [0.1, 0.15) is 0 Å². The lowest BCUT2D eigenvalue weighted by Gasteiger charge is -2.27. The van der Waals surface area contributed by atoms with E-state index in [-0.39, 0.29) is 0 Å². The summed E-state index contributed by atoms with van der Waals surface area (Å²) < 4.78 is 0. The van der Waals surface area contributed by atoms with Crippen molar-refractivity contribution >= 4 is 0 Å². The second-order valence-corrected chi connectivity index (χ2v) is 6.66. The van der Waals surface area contributed by atoms with Crippen molar-refractivity contribution in [2.45, 2.75) is 86.1 Å². The zero-order chi connectivity index (χ0) is 14.0. The van der Waals surface area contributed by atoms with Crippen molar-refractivity contribution in [3.63, 3.8) is 0 Å². The molecule has 1 heteroatoms. The van der Waals surface area contributed by atoms with E-state index in [1.807, 2.05) is 0 Å². The molecule has 0 rings (SSSR count). The topological polar surface area (TPSA) is 12.0 Å². The molecule has 0 amide bonds. The van der Waals surface area contributed by atoms with Crippen molar-refractivity contribution in [2.24, 2.45) is 17.8 Å². The summed E-state index contributed by atoms with van der Waals surface area (Å²) >= 11 is 0. The standard InChI is InChI=1S/C17H37N/c1-7-8-9-10-11-12-16(6)18-13-17(14(2)3)15(4)5/h14-18H,7-13H2,1-6H3. The second kappa shape index (κ2) is 10.8. The summed E-state index contributed by atoms with van der Waals surface area (Å²) in [6, 6.07) is 0.687. The highest BCUT2D eigenvalue weighted by Crippen LogP contribution is 2.19.